The molecule has 1 amide bonds. The van der Waals surface area contributed by atoms with Gasteiger partial charge in [0.1, 0.15) is 12.2 Å². The van der Waals surface area contributed by atoms with Crippen LogP contribution in [0.3, 0.4) is 0 Å². The molecule has 1 heterocycles. The Labute approximate surface area is 101 Å². The summed E-state index contributed by atoms with van der Waals surface area (Å²) >= 11 is 0. The van der Waals surface area contributed by atoms with Gasteiger partial charge in [-0.15, -0.1) is 0 Å². The highest BCUT2D eigenvalue weighted by Gasteiger charge is 2.20. The molecule has 17 heavy (non-hydrogen) atoms. The van der Waals surface area contributed by atoms with E-state index in [0.717, 1.165) is 12.1 Å². The summed E-state index contributed by atoms with van der Waals surface area (Å²) in [7, 11) is 1.80. The summed E-state index contributed by atoms with van der Waals surface area (Å²) in [5, 5.41) is 8.78. The molecule has 0 aliphatic heterocycles. The van der Waals surface area contributed by atoms with Crippen molar-refractivity contribution in [3.8, 4) is 0 Å². The number of hydrogen-bond donors (Lipinski definition) is 1. The van der Waals surface area contributed by atoms with Gasteiger partial charge in [-0.25, -0.2) is 0 Å². The highest BCUT2D eigenvalue weighted by atomic mass is 16.4. The Bertz CT molecular complexity index is 423. The number of hydrogen-bond acceptors (Lipinski definition) is 2. The van der Waals surface area contributed by atoms with Crippen molar-refractivity contribution in [1.82, 2.24) is 9.47 Å². The fourth-order valence-corrected chi connectivity index (χ4v) is 1.68. The Kier molecular flexibility index (Phi) is 4.31. The first-order valence-electron chi connectivity index (χ1n) is 5.60. The van der Waals surface area contributed by atoms with Crippen molar-refractivity contribution in [3.05, 3.63) is 23.5 Å². The molecule has 1 N–H and O–H groups in total. The third-order valence-electron chi connectivity index (χ3n) is 2.70. The molecule has 0 radical (unpaired) electrons. The molecule has 0 saturated heterocycles. The summed E-state index contributed by atoms with van der Waals surface area (Å²) in [6.07, 6.45) is 0.739. The predicted octanol–water partition coefficient (Wildman–Crippen LogP) is 1.27. The molecular formula is C12H18N2O3. The van der Waals surface area contributed by atoms with Gasteiger partial charge in [-0.1, -0.05) is 6.92 Å². The van der Waals surface area contributed by atoms with Crippen LogP contribution in [0, 0.1) is 6.92 Å². The van der Waals surface area contributed by atoms with Crippen LogP contribution in [-0.2, 0) is 11.8 Å². The fraction of sp³-hybridized carbons (Fsp3) is 0.500. The number of aromatic nitrogens is 1. The van der Waals surface area contributed by atoms with E-state index in [0.29, 0.717) is 12.2 Å². The lowest BCUT2D eigenvalue weighted by atomic mass is 10.3. The van der Waals surface area contributed by atoms with Crippen molar-refractivity contribution in [1.29, 1.82) is 0 Å². The zero-order chi connectivity index (χ0) is 13.0. The summed E-state index contributed by atoms with van der Waals surface area (Å²) in [6, 6.07) is 3.57. The van der Waals surface area contributed by atoms with Crippen molar-refractivity contribution >= 4 is 11.9 Å². The van der Waals surface area contributed by atoms with Gasteiger partial charge in [0, 0.05) is 19.3 Å². The van der Waals surface area contributed by atoms with E-state index in [-0.39, 0.29) is 12.5 Å². The van der Waals surface area contributed by atoms with E-state index in [1.807, 2.05) is 19.9 Å². The Morgan fingerprint density at radius 1 is 1.41 bits per heavy atom. The molecule has 94 valence electrons. The molecule has 0 aromatic carbocycles. The van der Waals surface area contributed by atoms with Crippen molar-refractivity contribution in [2.75, 3.05) is 13.1 Å². The average molecular weight is 238 g/mol. The lowest BCUT2D eigenvalue weighted by Gasteiger charge is -2.20. The van der Waals surface area contributed by atoms with Gasteiger partial charge in [0.25, 0.3) is 5.91 Å². The highest BCUT2D eigenvalue weighted by molar-refractivity contribution is 5.94. The normalized spacial score (nSPS) is 10.3. The predicted molar refractivity (Wildman–Crippen MR) is 64.0 cm³/mol. The van der Waals surface area contributed by atoms with Crippen LogP contribution >= 0.6 is 0 Å². The summed E-state index contributed by atoms with van der Waals surface area (Å²) < 4.78 is 1.77. The maximum Gasteiger partial charge on any atom is 0.323 e. The van der Waals surface area contributed by atoms with Gasteiger partial charge in [-0.3, -0.25) is 9.59 Å². The Morgan fingerprint density at radius 3 is 2.47 bits per heavy atom. The van der Waals surface area contributed by atoms with E-state index in [1.54, 1.807) is 17.7 Å². The lowest BCUT2D eigenvalue weighted by molar-refractivity contribution is -0.137. The number of amides is 1. The minimum atomic E-state index is -0.988. The average Bonchev–Trinajstić information content (AvgIpc) is 2.58. The first-order valence-corrected chi connectivity index (χ1v) is 5.60. The van der Waals surface area contributed by atoms with Crippen molar-refractivity contribution in [3.63, 3.8) is 0 Å². The third kappa shape index (κ3) is 3.09. The van der Waals surface area contributed by atoms with E-state index >= 15 is 0 Å². The largest absolute Gasteiger partial charge is 0.480 e. The molecule has 0 saturated carbocycles. The smallest absolute Gasteiger partial charge is 0.323 e. The quantitative estimate of drug-likeness (QED) is 0.840. The maximum atomic E-state index is 12.1. The summed E-state index contributed by atoms with van der Waals surface area (Å²) in [4.78, 5) is 24.2. The molecule has 1 aromatic heterocycles. The second kappa shape index (κ2) is 5.52. The number of rotatable bonds is 5. The van der Waals surface area contributed by atoms with E-state index in [1.165, 1.54) is 4.90 Å². The maximum absolute atomic E-state index is 12.1. The fourth-order valence-electron chi connectivity index (χ4n) is 1.68. The molecule has 0 bridgehead atoms. The SMILES string of the molecule is CCCN(CC(=O)O)C(=O)c1ccc(C)n1C. The number of aryl methyl sites for hydroxylation is 1. The van der Waals surface area contributed by atoms with Crippen LogP contribution in [0.5, 0.6) is 0 Å². The number of nitrogens with zero attached hydrogens (tertiary/aromatic N) is 2. The standard InChI is InChI=1S/C12H18N2O3/c1-4-7-14(8-11(15)16)12(17)10-6-5-9(2)13(10)3/h5-6H,4,7-8H2,1-3H3,(H,15,16). The summed E-state index contributed by atoms with van der Waals surface area (Å²) in [5.41, 5.74) is 1.50. The highest BCUT2D eigenvalue weighted by Crippen LogP contribution is 2.09. The van der Waals surface area contributed by atoms with Gasteiger partial charge in [0.05, 0.1) is 0 Å². The first-order chi connectivity index (χ1) is 7.97. The molecule has 5 nitrogen and oxygen atoms in total. The first kappa shape index (κ1) is 13.3. The number of carboxylic acids is 1. The molecule has 0 unspecified atom stereocenters. The Balaban J connectivity index is 2.91. The van der Waals surface area contributed by atoms with E-state index < -0.39 is 5.97 Å². The number of carboxylic acid groups (broad SMARTS) is 1. The van der Waals surface area contributed by atoms with E-state index in [2.05, 4.69) is 0 Å². The molecule has 1 aromatic rings. The molecule has 5 heteroatoms. The lowest BCUT2D eigenvalue weighted by Crippen LogP contribution is -2.37. The molecule has 0 aliphatic carbocycles. The van der Waals surface area contributed by atoms with Gasteiger partial charge in [0.2, 0.25) is 0 Å². The van der Waals surface area contributed by atoms with Gasteiger partial charge < -0.3 is 14.6 Å². The van der Waals surface area contributed by atoms with Crippen LogP contribution in [-0.4, -0.2) is 39.5 Å². The zero-order valence-electron chi connectivity index (χ0n) is 10.4. The van der Waals surface area contributed by atoms with Crippen molar-refractivity contribution in [2.24, 2.45) is 7.05 Å². The minimum Gasteiger partial charge on any atom is -0.480 e. The number of carbonyl (C=O) groups is 2. The van der Waals surface area contributed by atoms with Crippen molar-refractivity contribution in [2.45, 2.75) is 20.3 Å². The van der Waals surface area contributed by atoms with Crippen LogP contribution in [0.25, 0.3) is 0 Å². The molecule has 0 aliphatic rings. The van der Waals surface area contributed by atoms with Gasteiger partial charge in [0.15, 0.2) is 0 Å². The number of aliphatic carboxylic acids is 1. The monoisotopic (exact) mass is 238 g/mol. The van der Waals surface area contributed by atoms with E-state index in [9.17, 15) is 9.59 Å². The van der Waals surface area contributed by atoms with Gasteiger partial charge in [-0.05, 0) is 25.5 Å². The van der Waals surface area contributed by atoms with Crippen LogP contribution in [0.15, 0.2) is 12.1 Å². The van der Waals surface area contributed by atoms with Crippen LogP contribution in [0.1, 0.15) is 29.5 Å². The number of carbonyl (C=O) groups excluding carboxylic acids is 1. The topological polar surface area (TPSA) is 62.5 Å². The Hall–Kier alpha value is -1.78. The Morgan fingerprint density at radius 2 is 2.06 bits per heavy atom. The summed E-state index contributed by atoms with van der Waals surface area (Å²) in [6.45, 7) is 4.02. The second-order valence-electron chi connectivity index (χ2n) is 4.04. The molecule has 0 atom stereocenters. The van der Waals surface area contributed by atoms with Crippen LogP contribution < -0.4 is 0 Å². The van der Waals surface area contributed by atoms with Crippen LogP contribution in [0.2, 0.25) is 0 Å². The second-order valence-corrected chi connectivity index (χ2v) is 4.04. The molecule has 0 spiro atoms. The zero-order valence-corrected chi connectivity index (χ0v) is 10.4. The van der Waals surface area contributed by atoms with E-state index in [4.69, 9.17) is 5.11 Å². The molecular weight excluding hydrogens is 220 g/mol. The van der Waals surface area contributed by atoms with Crippen LogP contribution in [0.4, 0.5) is 0 Å². The summed E-state index contributed by atoms with van der Waals surface area (Å²) in [5.74, 6) is -1.22. The molecule has 0 fully saturated rings. The van der Waals surface area contributed by atoms with Gasteiger partial charge in [-0.2, -0.15) is 0 Å². The van der Waals surface area contributed by atoms with Gasteiger partial charge >= 0.3 is 5.97 Å². The third-order valence-corrected chi connectivity index (χ3v) is 2.70. The van der Waals surface area contributed by atoms with Crippen molar-refractivity contribution < 1.29 is 14.7 Å². The molecule has 1 rings (SSSR count). The minimum absolute atomic E-state index is 0.232.